The van der Waals surface area contributed by atoms with Crippen LogP contribution in [0.4, 0.5) is 0 Å². The van der Waals surface area contributed by atoms with Crippen molar-refractivity contribution in [2.24, 2.45) is 0 Å². The van der Waals surface area contributed by atoms with Gasteiger partial charge >= 0.3 is 0 Å². The second kappa shape index (κ2) is 4.31. The molecule has 1 amide bonds. The van der Waals surface area contributed by atoms with Crippen molar-refractivity contribution in [1.29, 1.82) is 0 Å². The van der Waals surface area contributed by atoms with Gasteiger partial charge in [0.15, 0.2) is 0 Å². The maximum Gasteiger partial charge on any atom is 0.235 e. The fourth-order valence-corrected chi connectivity index (χ4v) is 1.18. The Morgan fingerprint density at radius 2 is 2.64 bits per heavy atom. The molecular weight excluding hydrogens is 184 g/mol. The van der Waals surface area contributed by atoms with E-state index in [1.807, 2.05) is 6.07 Å². The summed E-state index contributed by atoms with van der Waals surface area (Å²) in [6, 6.07) is 1.86. The summed E-state index contributed by atoms with van der Waals surface area (Å²) in [4.78, 5) is 11.7. The summed E-state index contributed by atoms with van der Waals surface area (Å²) in [6.07, 6.45) is 1.70. The molecule has 0 bridgehead atoms. The number of rotatable bonds is 3. The van der Waals surface area contributed by atoms with Crippen LogP contribution in [0.3, 0.4) is 0 Å². The van der Waals surface area contributed by atoms with E-state index in [9.17, 15) is 4.79 Å². The van der Waals surface area contributed by atoms with Gasteiger partial charge in [-0.25, -0.2) is 4.37 Å². The second-order valence-electron chi connectivity index (χ2n) is 1.89. The summed E-state index contributed by atoms with van der Waals surface area (Å²) in [5.41, 5.74) is 0. The van der Waals surface area contributed by atoms with Gasteiger partial charge in [0.05, 0.1) is 6.54 Å². The number of aromatic nitrogens is 1. The lowest BCUT2D eigenvalue weighted by atomic mass is 10.5. The summed E-state index contributed by atoms with van der Waals surface area (Å²) in [5, 5.41) is 2.63. The molecule has 11 heavy (non-hydrogen) atoms. The quantitative estimate of drug-likeness (QED) is 0.723. The molecule has 0 atom stereocenters. The Morgan fingerprint density at radius 1 is 1.82 bits per heavy atom. The minimum absolute atomic E-state index is 0.0127. The largest absolute Gasteiger partial charge is 0.350 e. The first kappa shape index (κ1) is 8.49. The third-order valence-electron chi connectivity index (χ3n) is 1.07. The molecule has 1 heterocycles. The summed E-state index contributed by atoms with van der Waals surface area (Å²) in [7, 11) is 0. The molecule has 1 rings (SSSR count). The zero-order valence-corrected chi connectivity index (χ0v) is 7.28. The zero-order chi connectivity index (χ0) is 8.10. The van der Waals surface area contributed by atoms with Crippen LogP contribution in [-0.2, 0) is 11.3 Å². The Balaban J connectivity index is 2.29. The molecule has 0 aromatic carbocycles. The number of nitrogens with zero attached hydrogens (tertiary/aromatic N) is 1. The van der Waals surface area contributed by atoms with Crippen molar-refractivity contribution in [3.05, 3.63) is 17.1 Å². The molecule has 0 spiro atoms. The lowest BCUT2D eigenvalue weighted by Gasteiger charge is -1.97. The summed E-state index contributed by atoms with van der Waals surface area (Å²) >= 11 is 6.64. The number of carbonyl (C=O) groups excluding carboxylic acids is 1. The average molecular weight is 191 g/mol. The van der Waals surface area contributed by atoms with Crippen molar-refractivity contribution < 1.29 is 4.79 Å². The van der Waals surface area contributed by atoms with Gasteiger partial charge in [0.1, 0.15) is 5.88 Å². The molecule has 0 radical (unpaired) electrons. The summed E-state index contributed by atoms with van der Waals surface area (Å²) in [6.45, 7) is 0.524. The van der Waals surface area contributed by atoms with E-state index in [-0.39, 0.29) is 11.8 Å². The van der Waals surface area contributed by atoms with Gasteiger partial charge in [0.25, 0.3) is 0 Å². The Morgan fingerprint density at radius 3 is 3.18 bits per heavy atom. The van der Waals surface area contributed by atoms with Crippen LogP contribution in [0.15, 0.2) is 12.3 Å². The highest BCUT2D eigenvalue weighted by atomic mass is 35.5. The molecule has 1 N–H and O–H groups in total. The van der Waals surface area contributed by atoms with E-state index in [2.05, 4.69) is 9.69 Å². The highest BCUT2D eigenvalue weighted by Crippen LogP contribution is 2.02. The monoisotopic (exact) mass is 190 g/mol. The van der Waals surface area contributed by atoms with Crippen LogP contribution in [0.5, 0.6) is 0 Å². The van der Waals surface area contributed by atoms with E-state index < -0.39 is 0 Å². The number of alkyl halides is 1. The molecule has 0 aliphatic heterocycles. The van der Waals surface area contributed by atoms with Crippen LogP contribution in [0.25, 0.3) is 0 Å². The fraction of sp³-hybridized carbons (Fsp3) is 0.333. The van der Waals surface area contributed by atoms with Crippen LogP contribution in [0, 0.1) is 0 Å². The first-order valence-corrected chi connectivity index (χ1v) is 4.36. The minimum Gasteiger partial charge on any atom is -0.350 e. The van der Waals surface area contributed by atoms with Crippen molar-refractivity contribution in [2.75, 3.05) is 5.88 Å². The van der Waals surface area contributed by atoms with Gasteiger partial charge in [-0.2, -0.15) is 0 Å². The lowest BCUT2D eigenvalue weighted by Crippen LogP contribution is -2.23. The predicted molar refractivity (Wildman–Crippen MR) is 44.7 cm³/mol. The molecule has 0 saturated heterocycles. The van der Waals surface area contributed by atoms with Crippen LogP contribution < -0.4 is 5.32 Å². The normalized spacial score (nSPS) is 9.55. The zero-order valence-electron chi connectivity index (χ0n) is 5.71. The van der Waals surface area contributed by atoms with Gasteiger partial charge in [-0.1, -0.05) is 0 Å². The number of carbonyl (C=O) groups is 1. The molecule has 1 aromatic rings. The smallest absolute Gasteiger partial charge is 0.235 e. The molecule has 0 aliphatic carbocycles. The molecule has 0 saturated carbocycles. The Labute approximate surface area is 73.5 Å². The van der Waals surface area contributed by atoms with Gasteiger partial charge in [-0.15, -0.1) is 11.6 Å². The molecule has 5 heteroatoms. The highest BCUT2D eigenvalue weighted by molar-refractivity contribution is 7.05. The van der Waals surface area contributed by atoms with E-state index in [0.717, 1.165) is 4.88 Å². The second-order valence-corrected chi connectivity index (χ2v) is 3.07. The van der Waals surface area contributed by atoms with Gasteiger partial charge in [-0.05, 0) is 17.6 Å². The van der Waals surface area contributed by atoms with E-state index in [1.165, 1.54) is 11.5 Å². The van der Waals surface area contributed by atoms with E-state index >= 15 is 0 Å². The van der Waals surface area contributed by atoms with Crippen molar-refractivity contribution in [3.8, 4) is 0 Å². The lowest BCUT2D eigenvalue weighted by molar-refractivity contribution is -0.118. The summed E-state index contributed by atoms with van der Waals surface area (Å²) in [5.74, 6) is -0.140. The molecular formula is C6H7ClN2OS. The van der Waals surface area contributed by atoms with Crippen molar-refractivity contribution in [1.82, 2.24) is 9.69 Å². The fourth-order valence-electron chi connectivity index (χ4n) is 0.566. The first-order valence-electron chi connectivity index (χ1n) is 3.05. The first-order chi connectivity index (χ1) is 5.33. The molecule has 3 nitrogen and oxygen atoms in total. The van der Waals surface area contributed by atoms with Crippen LogP contribution >= 0.6 is 23.1 Å². The average Bonchev–Trinajstić information content (AvgIpc) is 2.52. The minimum atomic E-state index is -0.153. The molecule has 60 valence electrons. The number of hydrogen-bond acceptors (Lipinski definition) is 3. The van der Waals surface area contributed by atoms with Gasteiger partial charge in [0.2, 0.25) is 5.91 Å². The van der Waals surface area contributed by atoms with Crippen LogP contribution in [0.2, 0.25) is 0 Å². The molecule has 1 aromatic heterocycles. The van der Waals surface area contributed by atoms with Crippen molar-refractivity contribution in [2.45, 2.75) is 6.54 Å². The number of nitrogens with one attached hydrogen (secondary N) is 1. The topological polar surface area (TPSA) is 42.0 Å². The van der Waals surface area contributed by atoms with E-state index in [4.69, 9.17) is 11.6 Å². The third-order valence-corrected chi connectivity index (χ3v) is 2.06. The van der Waals surface area contributed by atoms with Crippen LogP contribution in [-0.4, -0.2) is 16.2 Å². The number of halogens is 1. The molecule has 0 unspecified atom stereocenters. The Hall–Kier alpha value is -0.610. The molecule has 0 aliphatic rings. The highest BCUT2D eigenvalue weighted by Gasteiger charge is 1.98. The predicted octanol–water partition coefficient (Wildman–Crippen LogP) is 0.998. The van der Waals surface area contributed by atoms with Gasteiger partial charge in [-0.3, -0.25) is 4.79 Å². The van der Waals surface area contributed by atoms with Crippen LogP contribution in [0.1, 0.15) is 4.88 Å². The maximum atomic E-state index is 10.6. The van der Waals surface area contributed by atoms with Crippen molar-refractivity contribution >= 4 is 29.0 Å². The Kier molecular flexibility index (Phi) is 3.32. The number of amides is 1. The number of hydrogen-bond donors (Lipinski definition) is 1. The van der Waals surface area contributed by atoms with E-state index in [1.54, 1.807) is 6.20 Å². The molecule has 0 fully saturated rings. The maximum absolute atomic E-state index is 10.6. The SMILES string of the molecule is O=C(CCl)NCc1ccns1. The van der Waals surface area contributed by atoms with Gasteiger partial charge < -0.3 is 5.32 Å². The third kappa shape index (κ3) is 2.86. The van der Waals surface area contributed by atoms with Crippen molar-refractivity contribution in [3.63, 3.8) is 0 Å². The summed E-state index contributed by atoms with van der Waals surface area (Å²) < 4.78 is 3.88. The van der Waals surface area contributed by atoms with E-state index in [0.29, 0.717) is 6.54 Å². The Bertz CT molecular complexity index is 224. The van der Waals surface area contributed by atoms with Gasteiger partial charge in [0, 0.05) is 11.1 Å². The standard InChI is InChI=1S/C6H7ClN2OS/c7-3-6(10)8-4-5-1-2-9-11-5/h1-2H,3-4H2,(H,8,10).